The van der Waals surface area contributed by atoms with E-state index in [0.29, 0.717) is 0 Å². The van der Waals surface area contributed by atoms with Crippen molar-refractivity contribution in [2.75, 3.05) is 0 Å². The molecule has 19 heavy (non-hydrogen) atoms. The topological polar surface area (TPSA) is 26.3 Å². The first kappa shape index (κ1) is 14.2. The lowest BCUT2D eigenvalue weighted by atomic mass is 9.87. The third-order valence-corrected chi connectivity index (χ3v) is 4.95. The number of esters is 1. The summed E-state index contributed by atoms with van der Waals surface area (Å²) in [6.45, 7) is 6.21. The van der Waals surface area contributed by atoms with Crippen LogP contribution in [0.2, 0.25) is 0 Å². The average molecular weight is 276 g/mol. The highest BCUT2D eigenvalue weighted by Gasteiger charge is 2.37. The summed E-state index contributed by atoms with van der Waals surface area (Å²) >= 11 is 1.51. The molecule has 0 aromatic heterocycles. The van der Waals surface area contributed by atoms with E-state index in [0.717, 1.165) is 34.6 Å². The number of thioether (sulfide) groups is 1. The Morgan fingerprint density at radius 2 is 1.84 bits per heavy atom. The van der Waals surface area contributed by atoms with Crippen LogP contribution < -0.4 is 0 Å². The third-order valence-electron chi connectivity index (χ3n) is 3.72. The Labute approximate surface area is 119 Å². The second-order valence-corrected chi connectivity index (χ2v) is 6.06. The number of rotatable bonds is 4. The smallest absolute Gasteiger partial charge is 0.345 e. The molecule has 102 valence electrons. The molecular weight excluding hydrogens is 256 g/mol. The van der Waals surface area contributed by atoms with E-state index in [1.165, 1.54) is 11.8 Å². The minimum atomic E-state index is -0.290. The summed E-state index contributed by atoms with van der Waals surface area (Å²) in [6, 6.07) is 9.96. The van der Waals surface area contributed by atoms with Crippen molar-refractivity contribution in [2.45, 2.75) is 50.5 Å². The van der Waals surface area contributed by atoms with Crippen LogP contribution in [-0.2, 0) is 9.53 Å². The van der Waals surface area contributed by atoms with Gasteiger partial charge in [-0.3, -0.25) is 0 Å². The van der Waals surface area contributed by atoms with E-state index < -0.39 is 0 Å². The highest BCUT2D eigenvalue weighted by Crippen LogP contribution is 2.40. The van der Waals surface area contributed by atoms with Gasteiger partial charge in [-0.25, -0.2) is 4.79 Å². The van der Waals surface area contributed by atoms with Gasteiger partial charge in [-0.05, 0) is 37.5 Å². The minimum absolute atomic E-state index is 0.165. The molecule has 0 N–H and O–H groups in total. The van der Waals surface area contributed by atoms with Crippen LogP contribution in [-0.4, -0.2) is 11.6 Å². The van der Waals surface area contributed by atoms with Gasteiger partial charge < -0.3 is 4.74 Å². The molecular formula is C16H20O2S. The average Bonchev–Trinajstić information content (AvgIpc) is 2.44. The summed E-state index contributed by atoms with van der Waals surface area (Å²) in [5.41, 5.74) is 0.857. The quantitative estimate of drug-likeness (QED) is 0.754. The molecule has 0 saturated heterocycles. The monoisotopic (exact) mass is 276 g/mol. The fourth-order valence-electron chi connectivity index (χ4n) is 2.40. The lowest BCUT2D eigenvalue weighted by Crippen LogP contribution is -2.38. The molecule has 1 aliphatic rings. The Bertz CT molecular complexity index is 487. The van der Waals surface area contributed by atoms with Crippen molar-refractivity contribution in [3.8, 4) is 0 Å². The highest BCUT2D eigenvalue weighted by atomic mass is 32.2. The Morgan fingerprint density at radius 1 is 1.21 bits per heavy atom. The number of cyclic esters (lactones) is 1. The maximum atomic E-state index is 12.2. The normalized spacial score (nSPS) is 18.4. The number of carbonyl (C=O) groups is 1. The number of hydrogen-bond acceptors (Lipinski definition) is 3. The molecule has 1 aromatic rings. The van der Waals surface area contributed by atoms with Crippen molar-refractivity contribution in [3.63, 3.8) is 0 Å². The molecule has 0 atom stereocenters. The molecule has 0 spiro atoms. The Morgan fingerprint density at radius 3 is 2.37 bits per heavy atom. The predicted molar refractivity (Wildman–Crippen MR) is 79.0 cm³/mol. The summed E-state index contributed by atoms with van der Waals surface area (Å²) < 4.78 is 5.71. The standard InChI is InChI=1S/C16H20O2S/c1-4-16(5-2)11-12(3)14(15(17)18-16)19-13-9-7-6-8-10-13/h6-10H,4-5,11H2,1-3H3. The lowest BCUT2D eigenvalue weighted by Gasteiger charge is -2.36. The van der Waals surface area contributed by atoms with E-state index in [1.54, 1.807) is 0 Å². The number of hydrogen-bond donors (Lipinski definition) is 0. The van der Waals surface area contributed by atoms with Crippen molar-refractivity contribution in [3.05, 3.63) is 40.8 Å². The van der Waals surface area contributed by atoms with Gasteiger partial charge in [0.05, 0.1) is 4.91 Å². The molecule has 2 nitrogen and oxygen atoms in total. The van der Waals surface area contributed by atoms with Crippen LogP contribution in [0.15, 0.2) is 45.7 Å². The molecule has 3 heteroatoms. The van der Waals surface area contributed by atoms with Gasteiger partial charge in [0.25, 0.3) is 0 Å². The van der Waals surface area contributed by atoms with Crippen LogP contribution in [0, 0.1) is 0 Å². The van der Waals surface area contributed by atoms with Gasteiger partial charge in [-0.2, -0.15) is 0 Å². The molecule has 0 amide bonds. The number of carbonyl (C=O) groups excluding carboxylic acids is 1. The first-order chi connectivity index (χ1) is 9.10. The summed E-state index contributed by atoms with van der Waals surface area (Å²) in [5.74, 6) is -0.165. The maximum Gasteiger partial charge on any atom is 0.345 e. The van der Waals surface area contributed by atoms with E-state index in [-0.39, 0.29) is 11.6 Å². The molecule has 1 aromatic carbocycles. The first-order valence-electron chi connectivity index (χ1n) is 6.76. The van der Waals surface area contributed by atoms with Crippen LogP contribution in [0.5, 0.6) is 0 Å². The van der Waals surface area contributed by atoms with Crippen molar-refractivity contribution < 1.29 is 9.53 Å². The van der Waals surface area contributed by atoms with Gasteiger partial charge >= 0.3 is 5.97 Å². The van der Waals surface area contributed by atoms with E-state index in [4.69, 9.17) is 4.74 Å². The summed E-state index contributed by atoms with van der Waals surface area (Å²) in [7, 11) is 0. The van der Waals surface area contributed by atoms with Crippen molar-refractivity contribution in [1.29, 1.82) is 0 Å². The molecule has 0 unspecified atom stereocenters. The van der Waals surface area contributed by atoms with Gasteiger partial charge in [-0.1, -0.05) is 43.8 Å². The maximum absolute atomic E-state index is 12.2. The van der Waals surface area contributed by atoms with Gasteiger partial charge in [-0.15, -0.1) is 0 Å². The molecule has 0 fully saturated rings. The van der Waals surface area contributed by atoms with E-state index in [1.807, 2.05) is 37.3 Å². The van der Waals surface area contributed by atoms with Gasteiger partial charge in [0.15, 0.2) is 0 Å². The molecule has 0 aliphatic carbocycles. The number of benzene rings is 1. The van der Waals surface area contributed by atoms with E-state index in [2.05, 4.69) is 13.8 Å². The molecule has 0 saturated carbocycles. The summed E-state index contributed by atoms with van der Waals surface area (Å²) in [4.78, 5) is 14.1. The summed E-state index contributed by atoms with van der Waals surface area (Å²) in [5, 5.41) is 0. The highest BCUT2D eigenvalue weighted by molar-refractivity contribution is 8.04. The van der Waals surface area contributed by atoms with Crippen LogP contribution in [0.25, 0.3) is 0 Å². The van der Waals surface area contributed by atoms with Gasteiger partial charge in [0, 0.05) is 11.3 Å². The third kappa shape index (κ3) is 3.03. The zero-order valence-electron chi connectivity index (χ0n) is 11.7. The molecule has 1 heterocycles. The largest absolute Gasteiger partial charge is 0.455 e. The minimum Gasteiger partial charge on any atom is -0.455 e. The molecule has 1 aliphatic heterocycles. The fraction of sp³-hybridized carbons (Fsp3) is 0.438. The van der Waals surface area contributed by atoms with Crippen molar-refractivity contribution in [1.82, 2.24) is 0 Å². The van der Waals surface area contributed by atoms with Crippen LogP contribution >= 0.6 is 11.8 Å². The molecule has 0 radical (unpaired) electrons. The zero-order chi connectivity index (χ0) is 13.9. The van der Waals surface area contributed by atoms with Crippen LogP contribution in [0.1, 0.15) is 40.0 Å². The Balaban J connectivity index is 2.24. The molecule has 0 bridgehead atoms. The summed E-state index contributed by atoms with van der Waals surface area (Å²) in [6.07, 6.45) is 2.59. The van der Waals surface area contributed by atoms with Crippen LogP contribution in [0.4, 0.5) is 0 Å². The van der Waals surface area contributed by atoms with Gasteiger partial charge in [0.1, 0.15) is 5.60 Å². The van der Waals surface area contributed by atoms with Crippen molar-refractivity contribution >= 4 is 17.7 Å². The Kier molecular flexibility index (Phi) is 4.35. The van der Waals surface area contributed by atoms with E-state index >= 15 is 0 Å². The first-order valence-corrected chi connectivity index (χ1v) is 7.58. The fourth-order valence-corrected chi connectivity index (χ4v) is 3.30. The van der Waals surface area contributed by atoms with E-state index in [9.17, 15) is 4.79 Å². The van der Waals surface area contributed by atoms with Crippen LogP contribution in [0.3, 0.4) is 0 Å². The van der Waals surface area contributed by atoms with Crippen molar-refractivity contribution in [2.24, 2.45) is 0 Å². The number of ether oxygens (including phenoxy) is 1. The molecule has 2 rings (SSSR count). The Hall–Kier alpha value is -1.22. The second-order valence-electron chi connectivity index (χ2n) is 4.98. The SMILES string of the molecule is CCC1(CC)CC(C)=C(Sc2ccccc2)C(=O)O1. The lowest BCUT2D eigenvalue weighted by molar-refractivity contribution is -0.157. The predicted octanol–water partition coefficient (Wildman–Crippen LogP) is 4.56. The second kappa shape index (κ2) is 5.83. The zero-order valence-corrected chi connectivity index (χ0v) is 12.5. The van der Waals surface area contributed by atoms with Gasteiger partial charge in [0.2, 0.25) is 0 Å².